The molecule has 0 radical (unpaired) electrons. The minimum atomic E-state index is -0.385. The van der Waals surface area contributed by atoms with E-state index in [2.05, 4.69) is 33.8 Å². The Bertz CT molecular complexity index is 786. The number of hydrogen-bond donors (Lipinski definition) is 0. The fraction of sp³-hybridized carbons (Fsp3) is 0.767. The molecule has 1 heterocycles. The van der Waals surface area contributed by atoms with Gasteiger partial charge in [0.2, 0.25) is 0 Å². The highest BCUT2D eigenvalue weighted by Gasteiger charge is 2.48. The Morgan fingerprint density at radius 3 is 1.97 bits per heavy atom. The first-order valence-electron chi connectivity index (χ1n) is 14.3. The highest BCUT2D eigenvalue weighted by Crippen LogP contribution is 2.38. The lowest BCUT2D eigenvalue weighted by molar-refractivity contribution is -0.268. The Labute approximate surface area is 229 Å². The standard InChI is InChI=1S/C30H48ClNO5/c1-5-9-17-33-22-26-28(34-18-10-6-2)30(36-20-12-8-4)29(35-19-11-7-3)27(37-26)24-13-14-25(31)23(21-24)15-16-32/h13-14,21,26-30H,5-12,15,17-20,22H2,1-4H3/t26-,27?,28-,29+,30+/m1/s1. The van der Waals surface area contributed by atoms with Gasteiger partial charge in [-0.25, -0.2) is 0 Å². The molecular weight excluding hydrogens is 490 g/mol. The van der Waals surface area contributed by atoms with Crippen LogP contribution in [0.4, 0.5) is 0 Å². The van der Waals surface area contributed by atoms with Crippen LogP contribution in [0.25, 0.3) is 0 Å². The molecule has 1 aromatic rings. The van der Waals surface area contributed by atoms with Crippen LogP contribution in [0.15, 0.2) is 18.2 Å². The van der Waals surface area contributed by atoms with Gasteiger partial charge < -0.3 is 23.7 Å². The van der Waals surface area contributed by atoms with E-state index in [0.29, 0.717) is 38.1 Å². The van der Waals surface area contributed by atoms with Crippen molar-refractivity contribution in [3.05, 3.63) is 34.3 Å². The SMILES string of the molecule is CCCCOC[C@H]1OC(c2ccc(Cl)c(CC#N)c2)[C@H](OCCCC)[C@@H](OCCCC)[C@@H]1OCCCC. The molecule has 1 fully saturated rings. The molecule has 1 aromatic carbocycles. The monoisotopic (exact) mass is 537 g/mol. The zero-order valence-corrected chi connectivity index (χ0v) is 24.1. The van der Waals surface area contributed by atoms with Crippen molar-refractivity contribution in [2.24, 2.45) is 0 Å². The molecule has 0 bridgehead atoms. The summed E-state index contributed by atoms with van der Waals surface area (Å²) >= 11 is 6.40. The van der Waals surface area contributed by atoms with Gasteiger partial charge in [-0.2, -0.15) is 5.26 Å². The average molecular weight is 538 g/mol. The van der Waals surface area contributed by atoms with Gasteiger partial charge in [-0.1, -0.05) is 77.1 Å². The van der Waals surface area contributed by atoms with E-state index in [4.69, 9.17) is 35.3 Å². The molecule has 1 aliphatic heterocycles. The van der Waals surface area contributed by atoms with E-state index in [0.717, 1.165) is 62.5 Å². The Hall–Kier alpha value is -1.20. The maximum absolute atomic E-state index is 9.31. The van der Waals surface area contributed by atoms with E-state index < -0.39 is 0 Å². The van der Waals surface area contributed by atoms with Gasteiger partial charge in [0.05, 0.1) is 19.1 Å². The molecule has 210 valence electrons. The van der Waals surface area contributed by atoms with Gasteiger partial charge in [0.25, 0.3) is 0 Å². The normalized spacial score (nSPS) is 23.7. The summed E-state index contributed by atoms with van der Waals surface area (Å²) < 4.78 is 32.4. The second-order valence-corrected chi connectivity index (χ2v) is 10.2. The van der Waals surface area contributed by atoms with Crippen molar-refractivity contribution in [2.75, 3.05) is 33.0 Å². The van der Waals surface area contributed by atoms with Crippen LogP contribution in [0.2, 0.25) is 5.02 Å². The van der Waals surface area contributed by atoms with Crippen LogP contribution in [-0.2, 0) is 30.1 Å². The van der Waals surface area contributed by atoms with Crippen LogP contribution in [0.1, 0.15) is 96.3 Å². The molecule has 6 nitrogen and oxygen atoms in total. The fourth-order valence-electron chi connectivity index (χ4n) is 4.42. The lowest BCUT2D eigenvalue weighted by Gasteiger charge is -2.46. The molecule has 5 atom stereocenters. The Kier molecular flexibility index (Phi) is 16.4. The van der Waals surface area contributed by atoms with Crippen molar-refractivity contribution in [1.29, 1.82) is 5.26 Å². The number of hydrogen-bond acceptors (Lipinski definition) is 6. The Morgan fingerprint density at radius 2 is 1.38 bits per heavy atom. The number of halogens is 1. The van der Waals surface area contributed by atoms with Crippen LogP contribution < -0.4 is 0 Å². The Balaban J connectivity index is 2.44. The van der Waals surface area contributed by atoms with Crippen LogP contribution in [-0.4, -0.2) is 57.5 Å². The summed E-state index contributed by atoms with van der Waals surface area (Å²) in [6.45, 7) is 11.6. The summed E-state index contributed by atoms with van der Waals surface area (Å²) in [6, 6.07) is 8.01. The highest BCUT2D eigenvalue weighted by atomic mass is 35.5. The van der Waals surface area contributed by atoms with E-state index in [9.17, 15) is 5.26 Å². The third-order valence-corrected chi connectivity index (χ3v) is 7.02. The number of unbranched alkanes of at least 4 members (excludes halogenated alkanes) is 4. The van der Waals surface area contributed by atoms with Gasteiger partial charge in [0.1, 0.15) is 30.5 Å². The molecule has 7 heteroatoms. The maximum atomic E-state index is 9.31. The second kappa shape index (κ2) is 19.0. The van der Waals surface area contributed by atoms with Gasteiger partial charge in [0, 0.05) is 31.5 Å². The summed E-state index contributed by atoms with van der Waals surface area (Å²) in [6.07, 6.45) is 6.74. The first-order valence-corrected chi connectivity index (χ1v) is 14.7. The summed E-state index contributed by atoms with van der Waals surface area (Å²) in [5.41, 5.74) is 1.73. The van der Waals surface area contributed by atoms with Gasteiger partial charge in [-0.3, -0.25) is 0 Å². The maximum Gasteiger partial charge on any atom is 0.117 e. The van der Waals surface area contributed by atoms with Crippen LogP contribution in [0, 0.1) is 11.3 Å². The summed E-state index contributed by atoms with van der Waals surface area (Å²) in [5.74, 6) is 0. The minimum absolute atomic E-state index is 0.240. The van der Waals surface area contributed by atoms with Crippen molar-refractivity contribution in [3.63, 3.8) is 0 Å². The molecule has 1 aliphatic rings. The average Bonchev–Trinajstić information content (AvgIpc) is 2.90. The van der Waals surface area contributed by atoms with E-state index in [-0.39, 0.29) is 36.9 Å². The van der Waals surface area contributed by atoms with Gasteiger partial charge in [0.15, 0.2) is 0 Å². The molecule has 0 amide bonds. The lowest BCUT2D eigenvalue weighted by Crippen LogP contribution is -2.58. The molecular formula is C30H48ClNO5. The number of nitriles is 1. The number of ether oxygens (including phenoxy) is 5. The fourth-order valence-corrected chi connectivity index (χ4v) is 4.60. The van der Waals surface area contributed by atoms with Crippen molar-refractivity contribution in [1.82, 2.24) is 0 Å². The predicted octanol–water partition coefficient (Wildman–Crippen LogP) is 7.22. The van der Waals surface area contributed by atoms with E-state index in [1.807, 2.05) is 18.2 Å². The quantitative estimate of drug-likeness (QED) is 0.173. The molecule has 0 spiro atoms. The topological polar surface area (TPSA) is 69.9 Å². The van der Waals surface area contributed by atoms with Crippen molar-refractivity contribution >= 4 is 11.6 Å². The summed E-state index contributed by atoms with van der Waals surface area (Å²) in [7, 11) is 0. The van der Waals surface area contributed by atoms with Crippen molar-refractivity contribution in [3.8, 4) is 6.07 Å². The van der Waals surface area contributed by atoms with Crippen LogP contribution in [0.3, 0.4) is 0 Å². The third kappa shape index (κ3) is 10.5. The number of rotatable bonds is 19. The summed E-state index contributed by atoms with van der Waals surface area (Å²) in [5, 5.41) is 9.89. The van der Waals surface area contributed by atoms with E-state index in [1.54, 1.807) is 0 Å². The molecule has 2 rings (SSSR count). The van der Waals surface area contributed by atoms with Crippen molar-refractivity contribution in [2.45, 2.75) is 116 Å². The highest BCUT2D eigenvalue weighted by molar-refractivity contribution is 6.31. The predicted molar refractivity (Wildman–Crippen MR) is 148 cm³/mol. The molecule has 0 N–H and O–H groups in total. The lowest BCUT2D eigenvalue weighted by atomic mass is 9.89. The Morgan fingerprint density at radius 1 is 0.811 bits per heavy atom. The minimum Gasteiger partial charge on any atom is -0.379 e. The first kappa shape index (κ1) is 32.0. The molecule has 0 aliphatic carbocycles. The largest absolute Gasteiger partial charge is 0.379 e. The van der Waals surface area contributed by atoms with Crippen LogP contribution in [0.5, 0.6) is 0 Å². The van der Waals surface area contributed by atoms with Gasteiger partial charge >= 0.3 is 0 Å². The van der Waals surface area contributed by atoms with Gasteiger partial charge in [-0.15, -0.1) is 0 Å². The number of benzene rings is 1. The summed E-state index contributed by atoms with van der Waals surface area (Å²) in [4.78, 5) is 0. The zero-order chi connectivity index (χ0) is 26.9. The van der Waals surface area contributed by atoms with Crippen LogP contribution >= 0.6 is 11.6 Å². The molecule has 37 heavy (non-hydrogen) atoms. The van der Waals surface area contributed by atoms with Gasteiger partial charge in [-0.05, 0) is 42.9 Å². The van der Waals surface area contributed by atoms with Crippen molar-refractivity contribution < 1.29 is 23.7 Å². The smallest absolute Gasteiger partial charge is 0.117 e. The zero-order valence-electron chi connectivity index (χ0n) is 23.4. The number of nitrogens with zero attached hydrogens (tertiary/aromatic N) is 1. The molecule has 1 unspecified atom stereocenters. The molecule has 0 aromatic heterocycles. The first-order chi connectivity index (χ1) is 18.1. The second-order valence-electron chi connectivity index (χ2n) is 9.78. The molecule has 1 saturated heterocycles. The van der Waals surface area contributed by atoms with E-state index >= 15 is 0 Å². The van der Waals surface area contributed by atoms with E-state index in [1.165, 1.54) is 0 Å². The third-order valence-electron chi connectivity index (χ3n) is 6.65. The molecule has 0 saturated carbocycles.